The van der Waals surface area contributed by atoms with Crippen molar-refractivity contribution in [2.24, 2.45) is 10.7 Å². The average molecular weight is 192 g/mol. The maximum Gasteiger partial charge on any atom is 0.113 e. The standard InChI is InChI=1S/C10H12N2S/c1-6-4-3-5-8-9(6)12-10(11)7(2)13-8/h3-5,7H,1-2H3,(H2,11,12). The Labute approximate surface area is 82.2 Å². The van der Waals surface area contributed by atoms with Gasteiger partial charge in [-0.2, -0.15) is 0 Å². The van der Waals surface area contributed by atoms with Crippen LogP contribution in [0.2, 0.25) is 0 Å². The maximum atomic E-state index is 5.79. The number of fused-ring (bicyclic) bond motifs is 1. The van der Waals surface area contributed by atoms with E-state index in [9.17, 15) is 0 Å². The third-order valence-corrected chi connectivity index (χ3v) is 3.34. The summed E-state index contributed by atoms with van der Waals surface area (Å²) in [4.78, 5) is 5.64. The molecule has 0 amide bonds. The lowest BCUT2D eigenvalue weighted by Crippen LogP contribution is -2.25. The fraction of sp³-hybridized carbons (Fsp3) is 0.300. The molecule has 2 nitrogen and oxygen atoms in total. The van der Waals surface area contributed by atoms with Crippen LogP contribution in [0.1, 0.15) is 12.5 Å². The minimum Gasteiger partial charge on any atom is -0.386 e. The third kappa shape index (κ3) is 1.44. The monoisotopic (exact) mass is 192 g/mol. The summed E-state index contributed by atoms with van der Waals surface area (Å²) in [5, 5.41) is 0.300. The SMILES string of the molecule is Cc1cccc2c1N=C(N)C(C)S2. The van der Waals surface area contributed by atoms with Crippen LogP contribution < -0.4 is 5.73 Å². The topological polar surface area (TPSA) is 38.4 Å². The van der Waals surface area contributed by atoms with Crippen LogP contribution in [0.4, 0.5) is 5.69 Å². The van der Waals surface area contributed by atoms with Gasteiger partial charge in [-0.05, 0) is 25.5 Å². The molecule has 68 valence electrons. The summed E-state index contributed by atoms with van der Waals surface area (Å²) < 4.78 is 0. The van der Waals surface area contributed by atoms with E-state index in [0.717, 1.165) is 11.5 Å². The summed E-state index contributed by atoms with van der Waals surface area (Å²) in [5.74, 6) is 0.729. The molecule has 0 aromatic heterocycles. The van der Waals surface area contributed by atoms with Crippen molar-refractivity contribution < 1.29 is 0 Å². The van der Waals surface area contributed by atoms with Crippen LogP contribution in [-0.2, 0) is 0 Å². The minimum absolute atomic E-state index is 0.300. The van der Waals surface area contributed by atoms with Gasteiger partial charge in [0.15, 0.2) is 0 Å². The maximum absolute atomic E-state index is 5.79. The molecule has 2 rings (SSSR count). The largest absolute Gasteiger partial charge is 0.386 e. The summed E-state index contributed by atoms with van der Waals surface area (Å²) in [6.07, 6.45) is 0. The van der Waals surface area contributed by atoms with Crippen molar-refractivity contribution >= 4 is 23.3 Å². The van der Waals surface area contributed by atoms with Gasteiger partial charge in [0.05, 0.1) is 10.9 Å². The van der Waals surface area contributed by atoms with Gasteiger partial charge in [0, 0.05) is 4.90 Å². The molecular formula is C10H12N2S. The van der Waals surface area contributed by atoms with Crippen LogP contribution in [0.25, 0.3) is 0 Å². The summed E-state index contributed by atoms with van der Waals surface area (Å²) >= 11 is 1.78. The number of para-hydroxylation sites is 1. The van der Waals surface area contributed by atoms with Crippen molar-refractivity contribution in [3.63, 3.8) is 0 Å². The molecule has 0 saturated carbocycles. The average Bonchev–Trinajstić information content (AvgIpc) is 2.09. The Hall–Kier alpha value is -0.960. The summed E-state index contributed by atoms with van der Waals surface area (Å²) in [5.41, 5.74) is 8.03. The second kappa shape index (κ2) is 3.07. The van der Waals surface area contributed by atoms with Gasteiger partial charge in [0.2, 0.25) is 0 Å². The summed E-state index contributed by atoms with van der Waals surface area (Å²) in [6, 6.07) is 6.22. The van der Waals surface area contributed by atoms with E-state index in [2.05, 4.69) is 37.0 Å². The van der Waals surface area contributed by atoms with E-state index in [1.54, 1.807) is 11.8 Å². The van der Waals surface area contributed by atoms with E-state index in [4.69, 9.17) is 5.73 Å². The normalized spacial score (nSPS) is 20.8. The number of hydrogen-bond acceptors (Lipinski definition) is 3. The summed E-state index contributed by atoms with van der Waals surface area (Å²) in [6.45, 7) is 4.14. The lowest BCUT2D eigenvalue weighted by atomic mass is 10.2. The van der Waals surface area contributed by atoms with Crippen molar-refractivity contribution in [3.05, 3.63) is 23.8 Å². The highest BCUT2D eigenvalue weighted by Crippen LogP contribution is 2.38. The number of benzene rings is 1. The predicted octanol–water partition coefficient (Wildman–Crippen LogP) is 2.48. The molecule has 0 saturated heterocycles. The molecule has 1 unspecified atom stereocenters. The molecular weight excluding hydrogens is 180 g/mol. The molecule has 0 spiro atoms. The molecule has 1 aromatic rings. The molecule has 0 bridgehead atoms. The van der Waals surface area contributed by atoms with E-state index in [1.807, 2.05) is 0 Å². The summed E-state index contributed by atoms with van der Waals surface area (Å²) in [7, 11) is 0. The zero-order valence-corrected chi connectivity index (χ0v) is 8.56. The Kier molecular flexibility index (Phi) is 2.04. The zero-order chi connectivity index (χ0) is 9.42. The Balaban J connectivity index is 2.57. The Morgan fingerprint density at radius 1 is 1.46 bits per heavy atom. The first-order valence-corrected chi connectivity index (χ1v) is 5.17. The number of aliphatic imine (C=N–C) groups is 1. The van der Waals surface area contributed by atoms with Gasteiger partial charge in [-0.25, -0.2) is 4.99 Å². The Bertz CT molecular complexity index is 371. The number of thioether (sulfide) groups is 1. The zero-order valence-electron chi connectivity index (χ0n) is 7.74. The second-order valence-corrected chi connectivity index (χ2v) is 4.60. The van der Waals surface area contributed by atoms with Crippen LogP contribution in [0, 0.1) is 6.92 Å². The highest BCUT2D eigenvalue weighted by Gasteiger charge is 2.18. The van der Waals surface area contributed by atoms with Gasteiger partial charge in [-0.15, -0.1) is 11.8 Å². The van der Waals surface area contributed by atoms with Gasteiger partial charge in [-0.3, -0.25) is 0 Å². The molecule has 1 aromatic carbocycles. The van der Waals surface area contributed by atoms with Gasteiger partial charge in [-0.1, -0.05) is 12.1 Å². The molecule has 1 aliphatic heterocycles. The molecule has 1 heterocycles. The first-order chi connectivity index (χ1) is 6.18. The van der Waals surface area contributed by atoms with E-state index in [-0.39, 0.29) is 0 Å². The second-order valence-electron chi connectivity index (χ2n) is 3.22. The van der Waals surface area contributed by atoms with Gasteiger partial charge in [0.1, 0.15) is 5.84 Å². The number of nitrogens with zero attached hydrogens (tertiary/aromatic N) is 1. The number of hydrogen-bond donors (Lipinski definition) is 1. The molecule has 0 fully saturated rings. The molecule has 2 N–H and O–H groups in total. The highest BCUT2D eigenvalue weighted by atomic mass is 32.2. The van der Waals surface area contributed by atoms with E-state index >= 15 is 0 Å². The minimum atomic E-state index is 0.300. The van der Waals surface area contributed by atoms with E-state index in [0.29, 0.717) is 5.25 Å². The first kappa shape index (κ1) is 8.63. The van der Waals surface area contributed by atoms with Crippen molar-refractivity contribution in [1.29, 1.82) is 0 Å². The predicted molar refractivity (Wildman–Crippen MR) is 57.8 cm³/mol. The Morgan fingerprint density at radius 2 is 2.23 bits per heavy atom. The van der Waals surface area contributed by atoms with Crippen molar-refractivity contribution in [2.45, 2.75) is 24.0 Å². The number of amidine groups is 1. The van der Waals surface area contributed by atoms with Gasteiger partial charge >= 0.3 is 0 Å². The van der Waals surface area contributed by atoms with E-state index in [1.165, 1.54) is 10.5 Å². The molecule has 1 atom stereocenters. The first-order valence-electron chi connectivity index (χ1n) is 4.29. The van der Waals surface area contributed by atoms with Crippen LogP contribution in [0.5, 0.6) is 0 Å². The third-order valence-electron chi connectivity index (χ3n) is 2.16. The van der Waals surface area contributed by atoms with Crippen LogP contribution in [0.15, 0.2) is 28.1 Å². The quantitative estimate of drug-likeness (QED) is 0.685. The van der Waals surface area contributed by atoms with Crippen molar-refractivity contribution in [3.8, 4) is 0 Å². The molecule has 0 radical (unpaired) electrons. The van der Waals surface area contributed by atoms with Crippen LogP contribution in [-0.4, -0.2) is 11.1 Å². The van der Waals surface area contributed by atoms with Gasteiger partial charge in [0.25, 0.3) is 0 Å². The lowest BCUT2D eigenvalue weighted by Gasteiger charge is -2.19. The van der Waals surface area contributed by atoms with Crippen molar-refractivity contribution in [2.75, 3.05) is 0 Å². The fourth-order valence-corrected chi connectivity index (χ4v) is 2.37. The highest BCUT2D eigenvalue weighted by molar-refractivity contribution is 8.00. The van der Waals surface area contributed by atoms with Crippen LogP contribution in [0.3, 0.4) is 0 Å². The van der Waals surface area contributed by atoms with Crippen molar-refractivity contribution in [1.82, 2.24) is 0 Å². The molecule has 13 heavy (non-hydrogen) atoms. The van der Waals surface area contributed by atoms with Gasteiger partial charge < -0.3 is 5.73 Å². The number of nitrogens with two attached hydrogens (primary N) is 1. The smallest absolute Gasteiger partial charge is 0.113 e. The Morgan fingerprint density at radius 3 is 3.00 bits per heavy atom. The van der Waals surface area contributed by atoms with E-state index < -0.39 is 0 Å². The number of aryl methyl sites for hydroxylation is 1. The van der Waals surface area contributed by atoms with Crippen LogP contribution >= 0.6 is 11.8 Å². The molecule has 1 aliphatic rings. The molecule has 0 aliphatic carbocycles. The number of rotatable bonds is 0. The fourth-order valence-electron chi connectivity index (χ4n) is 1.34. The lowest BCUT2D eigenvalue weighted by molar-refractivity contribution is 1.18. The molecule has 3 heteroatoms.